The van der Waals surface area contributed by atoms with Crippen LogP contribution in [0.4, 0.5) is 0 Å². The molecule has 0 amide bonds. The number of ether oxygens (including phenoxy) is 1. The molecule has 1 aliphatic heterocycles. The summed E-state index contributed by atoms with van der Waals surface area (Å²) in [5.74, 6) is 2.24. The van der Waals surface area contributed by atoms with E-state index >= 15 is 0 Å². The molecule has 2 atom stereocenters. The van der Waals surface area contributed by atoms with Crippen molar-refractivity contribution in [3.8, 4) is 17.1 Å². The number of rotatable bonds is 6. The summed E-state index contributed by atoms with van der Waals surface area (Å²) in [4.78, 5) is 6.71. The number of methoxy groups -OCH3 is 1. The van der Waals surface area contributed by atoms with Crippen LogP contribution >= 0.6 is 35.4 Å². The summed E-state index contributed by atoms with van der Waals surface area (Å²) in [7, 11) is 1.66. The summed E-state index contributed by atoms with van der Waals surface area (Å²) in [5.41, 5.74) is 2.76. The molecular weight excluding hydrogens is 489 g/mol. The van der Waals surface area contributed by atoms with E-state index in [-0.39, 0.29) is 12.1 Å². The number of nitrogens with zero attached hydrogens (tertiary/aromatic N) is 2. The summed E-state index contributed by atoms with van der Waals surface area (Å²) in [6, 6.07) is 22.7. The first-order valence-electron chi connectivity index (χ1n) is 10.7. The zero-order valence-corrected chi connectivity index (χ0v) is 20.6. The number of pyridine rings is 1. The Hall–Kier alpha value is -3.06. The Balaban J connectivity index is 1.52. The van der Waals surface area contributed by atoms with E-state index in [0.717, 1.165) is 28.3 Å². The normalized spacial score (nSPS) is 17.6. The predicted octanol–water partition coefficient (Wildman–Crippen LogP) is 6.83. The number of hydrogen-bond donors (Lipinski definition) is 1. The van der Waals surface area contributed by atoms with Crippen LogP contribution in [0.3, 0.4) is 0 Å². The third-order valence-corrected chi connectivity index (χ3v) is 6.72. The molecular formula is C26H21Cl2N3O2S. The molecule has 5 nitrogen and oxygen atoms in total. The van der Waals surface area contributed by atoms with Gasteiger partial charge in [0.25, 0.3) is 0 Å². The molecule has 2 aromatic heterocycles. The van der Waals surface area contributed by atoms with E-state index in [1.54, 1.807) is 25.4 Å². The third-order valence-electron chi connectivity index (χ3n) is 5.82. The smallest absolute Gasteiger partial charge is 0.170 e. The van der Waals surface area contributed by atoms with E-state index in [0.29, 0.717) is 27.5 Å². The van der Waals surface area contributed by atoms with Gasteiger partial charge in [0.15, 0.2) is 5.11 Å². The molecule has 0 spiro atoms. The second kappa shape index (κ2) is 9.66. The lowest BCUT2D eigenvalue weighted by Crippen LogP contribution is -2.29. The van der Waals surface area contributed by atoms with Crippen molar-refractivity contribution < 1.29 is 9.15 Å². The van der Waals surface area contributed by atoms with Crippen molar-refractivity contribution in [2.75, 3.05) is 7.11 Å². The maximum Gasteiger partial charge on any atom is 0.170 e. The number of benzene rings is 2. The minimum Gasteiger partial charge on any atom is -0.497 e. The van der Waals surface area contributed by atoms with E-state index in [1.165, 1.54) is 0 Å². The lowest BCUT2D eigenvalue weighted by molar-refractivity contribution is 0.269. The molecule has 1 N–H and O–H groups in total. The maximum atomic E-state index is 6.43. The molecule has 0 saturated carbocycles. The summed E-state index contributed by atoms with van der Waals surface area (Å²) < 4.78 is 11.7. The van der Waals surface area contributed by atoms with Crippen molar-refractivity contribution in [2.45, 2.75) is 18.6 Å². The van der Waals surface area contributed by atoms with Crippen LogP contribution in [0, 0.1) is 0 Å². The lowest BCUT2D eigenvalue weighted by Gasteiger charge is -2.26. The number of nitrogens with one attached hydrogen (secondary N) is 1. The number of furan rings is 1. The SMILES string of the molecule is COc1ccc(CN2C(=S)NC(c3ccccn3)C2c2ccc(-c3ccc(Cl)cc3Cl)o2)cc1. The van der Waals surface area contributed by atoms with Crippen LogP contribution in [0.1, 0.15) is 29.1 Å². The second-order valence-electron chi connectivity index (χ2n) is 7.93. The fraction of sp³-hybridized carbons (Fsp3) is 0.154. The van der Waals surface area contributed by atoms with Gasteiger partial charge in [-0.15, -0.1) is 0 Å². The van der Waals surface area contributed by atoms with Crippen LogP contribution in [0.15, 0.2) is 83.4 Å². The molecule has 2 aromatic carbocycles. The van der Waals surface area contributed by atoms with Gasteiger partial charge in [-0.2, -0.15) is 0 Å². The molecule has 0 bridgehead atoms. The Bertz CT molecular complexity index is 1310. The molecule has 4 aromatic rings. The number of aromatic nitrogens is 1. The van der Waals surface area contributed by atoms with Crippen molar-refractivity contribution >= 4 is 40.5 Å². The molecule has 3 heterocycles. The van der Waals surface area contributed by atoms with Crippen molar-refractivity contribution in [1.82, 2.24) is 15.2 Å². The summed E-state index contributed by atoms with van der Waals surface area (Å²) >= 11 is 18.3. The summed E-state index contributed by atoms with van der Waals surface area (Å²) in [6.07, 6.45) is 1.78. The molecule has 1 fully saturated rings. The highest BCUT2D eigenvalue weighted by atomic mass is 35.5. The topological polar surface area (TPSA) is 50.5 Å². The second-order valence-corrected chi connectivity index (χ2v) is 9.16. The molecule has 34 heavy (non-hydrogen) atoms. The zero-order chi connectivity index (χ0) is 23.7. The predicted molar refractivity (Wildman–Crippen MR) is 138 cm³/mol. The fourth-order valence-electron chi connectivity index (χ4n) is 4.16. The van der Waals surface area contributed by atoms with Crippen LogP contribution in [-0.4, -0.2) is 22.1 Å². The van der Waals surface area contributed by atoms with Crippen molar-refractivity contribution in [3.05, 3.63) is 106 Å². The fourth-order valence-corrected chi connectivity index (χ4v) is 4.96. The first-order chi connectivity index (χ1) is 16.5. The highest BCUT2D eigenvalue weighted by Crippen LogP contribution is 2.42. The molecule has 1 saturated heterocycles. The van der Waals surface area contributed by atoms with Gasteiger partial charge >= 0.3 is 0 Å². The standard InChI is InChI=1S/C26H21Cl2N3O2S/c1-32-18-8-5-16(6-9-18)15-31-25(24(30-26(31)34)21-4-2-3-13-29-21)23-12-11-22(33-23)19-10-7-17(27)14-20(19)28/h2-14,24-25H,15H2,1H3,(H,30,34). The van der Waals surface area contributed by atoms with Gasteiger partial charge in [0.2, 0.25) is 0 Å². The van der Waals surface area contributed by atoms with Crippen molar-refractivity contribution in [3.63, 3.8) is 0 Å². The Kier molecular flexibility index (Phi) is 6.46. The third kappa shape index (κ3) is 4.49. The van der Waals surface area contributed by atoms with Gasteiger partial charge in [-0.05, 0) is 72.4 Å². The molecule has 5 rings (SSSR count). The van der Waals surface area contributed by atoms with Gasteiger partial charge in [-0.25, -0.2) is 0 Å². The minimum absolute atomic E-state index is 0.174. The van der Waals surface area contributed by atoms with E-state index in [1.807, 2.05) is 60.7 Å². The molecule has 1 aliphatic rings. The Labute approximate surface area is 213 Å². The van der Waals surface area contributed by atoms with E-state index in [2.05, 4.69) is 15.2 Å². The average Bonchev–Trinajstić information content (AvgIpc) is 3.45. The highest BCUT2D eigenvalue weighted by molar-refractivity contribution is 7.80. The Morgan fingerprint density at radius 1 is 1.06 bits per heavy atom. The van der Waals surface area contributed by atoms with Gasteiger partial charge in [0, 0.05) is 23.3 Å². The molecule has 0 aliphatic carbocycles. The number of hydrogen-bond acceptors (Lipinski definition) is 4. The maximum absolute atomic E-state index is 6.43. The number of halogens is 2. The van der Waals surface area contributed by atoms with Crippen molar-refractivity contribution in [2.24, 2.45) is 0 Å². The van der Waals surface area contributed by atoms with E-state index in [9.17, 15) is 0 Å². The van der Waals surface area contributed by atoms with Gasteiger partial charge in [0.1, 0.15) is 23.3 Å². The molecule has 2 unspecified atom stereocenters. The lowest BCUT2D eigenvalue weighted by atomic mass is 10.0. The quantitative estimate of drug-likeness (QED) is 0.287. The van der Waals surface area contributed by atoms with E-state index in [4.69, 9.17) is 44.6 Å². The van der Waals surface area contributed by atoms with E-state index < -0.39 is 0 Å². The average molecular weight is 510 g/mol. The Morgan fingerprint density at radius 2 is 1.88 bits per heavy atom. The first kappa shape index (κ1) is 22.7. The highest BCUT2D eigenvalue weighted by Gasteiger charge is 2.41. The van der Waals surface area contributed by atoms with Crippen LogP contribution < -0.4 is 10.1 Å². The van der Waals surface area contributed by atoms with Gasteiger partial charge in [-0.3, -0.25) is 4.98 Å². The van der Waals surface area contributed by atoms with Crippen molar-refractivity contribution in [1.29, 1.82) is 0 Å². The Morgan fingerprint density at radius 3 is 2.59 bits per heavy atom. The molecule has 8 heteroatoms. The van der Waals surface area contributed by atoms with Crippen LogP contribution in [0.25, 0.3) is 11.3 Å². The van der Waals surface area contributed by atoms with Gasteiger partial charge < -0.3 is 19.4 Å². The van der Waals surface area contributed by atoms with Gasteiger partial charge in [0.05, 0.1) is 23.9 Å². The first-order valence-corrected chi connectivity index (χ1v) is 11.9. The number of thiocarbonyl (C=S) groups is 1. The minimum atomic E-state index is -0.204. The summed E-state index contributed by atoms with van der Waals surface area (Å²) in [5, 5.41) is 5.19. The zero-order valence-electron chi connectivity index (χ0n) is 18.2. The van der Waals surface area contributed by atoms with Crippen LogP contribution in [0.5, 0.6) is 5.75 Å². The van der Waals surface area contributed by atoms with Gasteiger partial charge in [-0.1, -0.05) is 41.4 Å². The monoisotopic (exact) mass is 509 g/mol. The van der Waals surface area contributed by atoms with Crippen LogP contribution in [-0.2, 0) is 6.54 Å². The largest absolute Gasteiger partial charge is 0.497 e. The molecule has 172 valence electrons. The molecule has 0 radical (unpaired) electrons. The summed E-state index contributed by atoms with van der Waals surface area (Å²) in [6.45, 7) is 0.599. The van der Waals surface area contributed by atoms with Crippen LogP contribution in [0.2, 0.25) is 10.0 Å².